The number of halogens is 4. The van der Waals surface area contributed by atoms with Gasteiger partial charge in [-0.15, -0.1) is 0 Å². The maximum Gasteiger partial charge on any atom is 0.490 e. The fourth-order valence-electron chi connectivity index (χ4n) is 4.67. The Bertz CT molecular complexity index is 1430. The van der Waals surface area contributed by atoms with Crippen molar-refractivity contribution < 1.29 is 54.9 Å². The third-order valence-corrected chi connectivity index (χ3v) is 7.24. The number of carboxylic acid groups (broad SMARTS) is 1. The Morgan fingerprint density at radius 3 is 2.27 bits per heavy atom. The number of carboxylic acids is 1. The van der Waals surface area contributed by atoms with Crippen LogP contribution in [0.1, 0.15) is 66.9 Å². The van der Waals surface area contributed by atoms with E-state index < -0.39 is 33.9 Å². The molecule has 1 heterocycles. The lowest BCUT2D eigenvalue weighted by Crippen LogP contribution is -2.40. The van der Waals surface area contributed by atoms with Crippen molar-refractivity contribution in [2.24, 2.45) is 0 Å². The van der Waals surface area contributed by atoms with Crippen LogP contribution in [0, 0.1) is 5.82 Å². The highest BCUT2D eigenvalue weighted by Gasteiger charge is 2.38. The smallest absolute Gasteiger partial charge is 0.490 e. The summed E-state index contributed by atoms with van der Waals surface area (Å²) in [7, 11) is -3.80. The highest BCUT2D eigenvalue weighted by atomic mass is 32.2. The molecule has 2 fully saturated rings. The Balaban J connectivity index is 0.000000676. The van der Waals surface area contributed by atoms with E-state index in [0.717, 1.165) is 61.1 Å². The molecule has 0 unspecified atom stereocenters. The first-order valence-electron chi connectivity index (χ1n) is 14.0. The quantitative estimate of drug-likeness (QED) is 0.328. The molecule has 15 heteroatoms. The normalized spacial score (nSPS) is 17.2. The van der Waals surface area contributed by atoms with Crippen molar-refractivity contribution in [3.05, 3.63) is 52.8 Å². The number of nitrogens with one attached hydrogen (secondary N) is 1. The van der Waals surface area contributed by atoms with E-state index in [1.807, 2.05) is 36.8 Å². The fraction of sp³-hybridized carbons (Fsp3) is 0.517. The number of carbonyl (C=O) groups excluding carboxylic acids is 1. The number of amides is 1. The van der Waals surface area contributed by atoms with E-state index in [1.165, 1.54) is 12.1 Å². The zero-order valence-electron chi connectivity index (χ0n) is 24.6. The van der Waals surface area contributed by atoms with Crippen LogP contribution in [0.25, 0.3) is 0 Å². The first-order chi connectivity index (χ1) is 20.6. The van der Waals surface area contributed by atoms with Gasteiger partial charge in [0.1, 0.15) is 29.2 Å². The fourth-order valence-corrected chi connectivity index (χ4v) is 5.12. The number of rotatable bonds is 11. The highest BCUT2D eigenvalue weighted by Crippen LogP contribution is 2.45. The largest absolute Gasteiger partial charge is 0.494 e. The molecule has 244 valence electrons. The summed E-state index contributed by atoms with van der Waals surface area (Å²) in [5, 5.41) is 7.12. The van der Waals surface area contributed by atoms with Crippen molar-refractivity contribution >= 4 is 21.9 Å². The first-order valence-corrected chi connectivity index (χ1v) is 15.9. The Morgan fingerprint density at radius 2 is 1.70 bits per heavy atom. The second-order valence-electron chi connectivity index (χ2n) is 10.4. The standard InChI is InChI=1S/C27H35FN2O6S.C2HF3O2/c1-4-34-20-11-10-19(25(13-20)35-5-2)16-30-12-6-7-21(17-30)36-26-15-24(28)23(14-22(26)18-8-9-18)27(31)29-37(3,32)33;3-2(4,5)1(6)7/h10-11,13-15,18,21H,4-9,12,16-17H2,1-3H3,(H,29,31);(H,6,7)/t21-;/m1./s1. The highest BCUT2D eigenvalue weighted by molar-refractivity contribution is 7.89. The molecule has 0 bridgehead atoms. The number of carbonyl (C=O) groups is 2. The van der Waals surface area contributed by atoms with Gasteiger partial charge in [0.15, 0.2) is 0 Å². The molecule has 4 rings (SSSR count). The molecule has 1 saturated carbocycles. The summed E-state index contributed by atoms with van der Waals surface area (Å²) < 4.78 is 89.2. The molecule has 2 aliphatic rings. The third-order valence-electron chi connectivity index (χ3n) is 6.68. The maximum absolute atomic E-state index is 14.9. The molecule has 2 aromatic carbocycles. The van der Waals surface area contributed by atoms with Crippen molar-refractivity contribution in [1.29, 1.82) is 0 Å². The number of piperidine rings is 1. The summed E-state index contributed by atoms with van der Waals surface area (Å²) >= 11 is 0. The molecule has 1 amide bonds. The third kappa shape index (κ3) is 10.5. The van der Waals surface area contributed by atoms with Crippen molar-refractivity contribution in [2.45, 2.75) is 64.3 Å². The van der Waals surface area contributed by atoms with Crippen molar-refractivity contribution in [3.63, 3.8) is 0 Å². The number of nitrogens with zero attached hydrogens (tertiary/aromatic N) is 1. The minimum Gasteiger partial charge on any atom is -0.494 e. The lowest BCUT2D eigenvalue weighted by atomic mass is 10.0. The van der Waals surface area contributed by atoms with Crippen molar-refractivity contribution in [3.8, 4) is 17.2 Å². The van der Waals surface area contributed by atoms with Crippen LogP contribution >= 0.6 is 0 Å². The predicted molar refractivity (Wildman–Crippen MR) is 152 cm³/mol. The summed E-state index contributed by atoms with van der Waals surface area (Å²) in [5.74, 6) is -2.35. The van der Waals surface area contributed by atoms with E-state index in [4.69, 9.17) is 24.1 Å². The zero-order valence-corrected chi connectivity index (χ0v) is 25.4. The zero-order chi connectivity index (χ0) is 32.7. The average Bonchev–Trinajstić information content (AvgIpc) is 3.75. The van der Waals surface area contributed by atoms with Crippen LogP contribution in [-0.2, 0) is 21.4 Å². The molecule has 1 aliphatic carbocycles. The molecular weight excluding hydrogens is 612 g/mol. The molecule has 0 spiro atoms. The van der Waals surface area contributed by atoms with Gasteiger partial charge < -0.3 is 19.3 Å². The number of hydrogen-bond acceptors (Lipinski definition) is 8. The van der Waals surface area contributed by atoms with E-state index in [0.29, 0.717) is 32.1 Å². The lowest BCUT2D eigenvalue weighted by molar-refractivity contribution is -0.192. The van der Waals surface area contributed by atoms with Gasteiger partial charge in [0.05, 0.1) is 25.0 Å². The molecule has 0 aromatic heterocycles. The SMILES string of the molecule is CCOc1ccc(CN2CCC[C@@H](Oc3cc(F)c(C(=O)NS(C)(=O)=O)cc3C3CC3)C2)c(OCC)c1.O=C(O)C(F)(F)F. The Morgan fingerprint density at radius 1 is 1.05 bits per heavy atom. The topological polar surface area (TPSA) is 131 Å². The van der Waals surface area contributed by atoms with Gasteiger partial charge in [0.25, 0.3) is 5.91 Å². The molecule has 1 saturated heterocycles. The van der Waals surface area contributed by atoms with Crippen LogP contribution in [-0.4, -0.2) is 75.1 Å². The number of alkyl halides is 3. The number of sulfonamides is 1. The monoisotopic (exact) mass is 648 g/mol. The number of benzene rings is 2. The van der Waals surface area contributed by atoms with E-state index >= 15 is 0 Å². The number of hydrogen-bond donors (Lipinski definition) is 2. The van der Waals surface area contributed by atoms with Gasteiger partial charge in [-0.2, -0.15) is 13.2 Å². The van der Waals surface area contributed by atoms with Gasteiger partial charge >= 0.3 is 12.1 Å². The number of likely N-dealkylation sites (tertiary alicyclic amines) is 1. The average molecular weight is 649 g/mol. The molecule has 10 nitrogen and oxygen atoms in total. The Kier molecular flexibility index (Phi) is 11.8. The summed E-state index contributed by atoms with van der Waals surface area (Å²) in [6.45, 7) is 7.31. The van der Waals surface area contributed by atoms with Gasteiger partial charge in [0, 0.05) is 30.8 Å². The predicted octanol–water partition coefficient (Wildman–Crippen LogP) is 4.87. The Hall–Kier alpha value is -3.59. The van der Waals surface area contributed by atoms with Gasteiger partial charge in [-0.25, -0.2) is 22.3 Å². The van der Waals surface area contributed by atoms with E-state index in [2.05, 4.69) is 4.90 Å². The Labute approximate surface area is 253 Å². The first kappa shape index (κ1) is 34.9. The minimum atomic E-state index is -5.08. The second kappa shape index (κ2) is 14.9. The van der Waals surface area contributed by atoms with Crippen LogP contribution in [0.5, 0.6) is 17.2 Å². The molecule has 1 aliphatic heterocycles. The van der Waals surface area contributed by atoms with Gasteiger partial charge in [-0.1, -0.05) is 6.07 Å². The second-order valence-corrected chi connectivity index (χ2v) is 12.2. The summed E-state index contributed by atoms with van der Waals surface area (Å²) in [6.07, 6.45) is -0.753. The van der Waals surface area contributed by atoms with Crippen LogP contribution < -0.4 is 18.9 Å². The molecule has 1 atom stereocenters. The van der Waals surface area contributed by atoms with E-state index in [1.54, 1.807) is 0 Å². The molecule has 2 N–H and O–H groups in total. The van der Waals surface area contributed by atoms with Crippen molar-refractivity contribution in [1.82, 2.24) is 9.62 Å². The molecule has 44 heavy (non-hydrogen) atoms. The summed E-state index contributed by atoms with van der Waals surface area (Å²) in [6, 6.07) is 8.57. The van der Waals surface area contributed by atoms with E-state index in [9.17, 15) is 30.8 Å². The molecule has 0 radical (unpaired) electrons. The van der Waals surface area contributed by atoms with Gasteiger partial charge in [-0.05, 0) is 69.7 Å². The lowest BCUT2D eigenvalue weighted by Gasteiger charge is -2.33. The van der Waals surface area contributed by atoms with Crippen LogP contribution in [0.3, 0.4) is 0 Å². The molecular formula is C29H36F4N2O8S. The van der Waals surface area contributed by atoms with Crippen LogP contribution in [0.15, 0.2) is 30.3 Å². The van der Waals surface area contributed by atoms with Crippen LogP contribution in [0.2, 0.25) is 0 Å². The number of aliphatic carboxylic acids is 1. The van der Waals surface area contributed by atoms with Crippen molar-refractivity contribution in [2.75, 3.05) is 32.6 Å². The number of ether oxygens (including phenoxy) is 3. The van der Waals surface area contributed by atoms with Gasteiger partial charge in [-0.3, -0.25) is 9.69 Å². The van der Waals surface area contributed by atoms with E-state index in [-0.39, 0.29) is 17.6 Å². The summed E-state index contributed by atoms with van der Waals surface area (Å²) in [4.78, 5) is 23.5. The minimum absolute atomic E-state index is 0.139. The van der Waals surface area contributed by atoms with Gasteiger partial charge in [0.2, 0.25) is 10.0 Å². The maximum atomic E-state index is 14.9. The van der Waals surface area contributed by atoms with Crippen LogP contribution in [0.4, 0.5) is 17.6 Å². The summed E-state index contributed by atoms with van der Waals surface area (Å²) in [5.41, 5.74) is 1.53. The molecule has 2 aromatic rings.